The first-order valence-corrected chi connectivity index (χ1v) is 8.73. The van der Waals surface area contributed by atoms with Crippen LogP contribution < -0.4 is 0 Å². The topological polar surface area (TPSA) is 67.7 Å². The molecule has 0 saturated carbocycles. The maximum Gasteiger partial charge on any atom is 0.409 e. The third kappa shape index (κ3) is 4.27. The second-order valence-corrected chi connectivity index (χ2v) is 6.41. The van der Waals surface area contributed by atoms with Crippen LogP contribution in [0.4, 0.5) is 4.79 Å². The van der Waals surface area contributed by atoms with Gasteiger partial charge in [0.15, 0.2) is 0 Å². The predicted molar refractivity (Wildman–Crippen MR) is 90.9 cm³/mol. The number of carbonyl (C=O) groups excluding carboxylic acids is 2. The van der Waals surface area contributed by atoms with E-state index in [4.69, 9.17) is 4.74 Å². The molecule has 0 N–H and O–H groups in total. The van der Waals surface area contributed by atoms with E-state index in [2.05, 4.69) is 18.9 Å². The Bertz CT molecular complexity index is 574. The van der Waals surface area contributed by atoms with Gasteiger partial charge in [0, 0.05) is 32.7 Å². The molecule has 0 aromatic carbocycles. The first-order valence-electron chi connectivity index (χ1n) is 8.73. The van der Waals surface area contributed by atoms with Crippen molar-refractivity contribution in [2.75, 3.05) is 32.8 Å². The highest BCUT2D eigenvalue weighted by molar-refractivity contribution is 5.93. The number of hydrogen-bond donors (Lipinski definition) is 0. The van der Waals surface area contributed by atoms with E-state index in [0.29, 0.717) is 50.9 Å². The van der Waals surface area contributed by atoms with Crippen molar-refractivity contribution in [2.45, 2.75) is 40.7 Å². The smallest absolute Gasteiger partial charge is 0.409 e. The van der Waals surface area contributed by atoms with Crippen molar-refractivity contribution in [1.29, 1.82) is 0 Å². The first kappa shape index (κ1) is 18.3. The zero-order chi connectivity index (χ0) is 17.7. The van der Waals surface area contributed by atoms with Crippen LogP contribution in [0.15, 0.2) is 6.07 Å². The Morgan fingerprint density at radius 1 is 1.17 bits per heavy atom. The monoisotopic (exact) mass is 336 g/mol. The lowest BCUT2D eigenvalue weighted by molar-refractivity contribution is 0.0561. The summed E-state index contributed by atoms with van der Waals surface area (Å²) in [6, 6.07) is 1.91. The molecular weight excluding hydrogens is 308 g/mol. The lowest BCUT2D eigenvalue weighted by Gasteiger charge is -2.34. The van der Waals surface area contributed by atoms with E-state index < -0.39 is 0 Å². The van der Waals surface area contributed by atoms with Crippen molar-refractivity contribution < 1.29 is 14.3 Å². The fourth-order valence-corrected chi connectivity index (χ4v) is 2.87. The third-order valence-electron chi connectivity index (χ3n) is 4.06. The molecule has 0 aliphatic carbocycles. The Kier molecular flexibility index (Phi) is 6.23. The van der Waals surface area contributed by atoms with Crippen LogP contribution in [0.2, 0.25) is 0 Å². The van der Waals surface area contributed by atoms with Gasteiger partial charge in [0.1, 0.15) is 5.69 Å². The molecule has 1 aromatic rings. The average molecular weight is 336 g/mol. The number of ether oxygens (including phenoxy) is 1. The number of piperazine rings is 1. The quantitative estimate of drug-likeness (QED) is 0.825. The van der Waals surface area contributed by atoms with Crippen molar-refractivity contribution in [3.05, 3.63) is 17.5 Å². The zero-order valence-corrected chi connectivity index (χ0v) is 15.1. The number of aromatic nitrogens is 2. The molecule has 1 fully saturated rings. The maximum atomic E-state index is 12.8. The number of carbonyl (C=O) groups is 2. The largest absolute Gasteiger partial charge is 0.450 e. The molecule has 7 nitrogen and oxygen atoms in total. The standard InChI is InChI=1S/C17H28N4O3/c1-5-21-15(12-14(18-21)11-13(3)4)16(22)19-7-9-20(10-8-19)17(23)24-6-2/h12-13H,5-11H2,1-4H3. The Morgan fingerprint density at radius 3 is 2.33 bits per heavy atom. The number of hydrogen-bond acceptors (Lipinski definition) is 4. The fraction of sp³-hybridized carbons (Fsp3) is 0.706. The predicted octanol–water partition coefficient (Wildman–Crippen LogP) is 2.02. The molecule has 1 aromatic heterocycles. The van der Waals surface area contributed by atoms with E-state index in [0.717, 1.165) is 12.1 Å². The molecule has 2 heterocycles. The van der Waals surface area contributed by atoms with Crippen LogP contribution in [-0.2, 0) is 17.7 Å². The normalized spacial score (nSPS) is 15.0. The minimum Gasteiger partial charge on any atom is -0.450 e. The van der Waals surface area contributed by atoms with Gasteiger partial charge in [-0.2, -0.15) is 5.10 Å². The number of aryl methyl sites for hydroxylation is 1. The molecule has 0 atom stereocenters. The molecule has 1 aliphatic rings. The molecule has 134 valence electrons. The van der Waals surface area contributed by atoms with Crippen LogP contribution in [0.3, 0.4) is 0 Å². The molecule has 0 radical (unpaired) electrons. The van der Waals surface area contributed by atoms with Gasteiger partial charge in [-0.15, -0.1) is 0 Å². The zero-order valence-electron chi connectivity index (χ0n) is 15.1. The van der Waals surface area contributed by atoms with Crippen molar-refractivity contribution in [1.82, 2.24) is 19.6 Å². The Labute approximate surface area is 143 Å². The summed E-state index contributed by atoms with van der Waals surface area (Å²) >= 11 is 0. The Hall–Kier alpha value is -2.05. The Morgan fingerprint density at radius 2 is 1.79 bits per heavy atom. The lowest BCUT2D eigenvalue weighted by atomic mass is 10.1. The van der Waals surface area contributed by atoms with Gasteiger partial charge in [-0.1, -0.05) is 13.8 Å². The summed E-state index contributed by atoms with van der Waals surface area (Å²) in [7, 11) is 0. The summed E-state index contributed by atoms with van der Waals surface area (Å²) in [6.07, 6.45) is 0.562. The third-order valence-corrected chi connectivity index (χ3v) is 4.06. The summed E-state index contributed by atoms with van der Waals surface area (Å²) in [5.41, 5.74) is 1.60. The number of amides is 2. The number of rotatable bonds is 5. The highest BCUT2D eigenvalue weighted by atomic mass is 16.6. The van der Waals surface area contributed by atoms with E-state index in [1.165, 1.54) is 0 Å². The minimum atomic E-state index is -0.303. The molecule has 24 heavy (non-hydrogen) atoms. The number of nitrogens with zero attached hydrogens (tertiary/aromatic N) is 4. The fourth-order valence-electron chi connectivity index (χ4n) is 2.87. The second-order valence-electron chi connectivity index (χ2n) is 6.41. The van der Waals surface area contributed by atoms with Gasteiger partial charge in [-0.05, 0) is 32.3 Å². The van der Waals surface area contributed by atoms with Gasteiger partial charge < -0.3 is 14.5 Å². The van der Waals surface area contributed by atoms with Gasteiger partial charge in [0.2, 0.25) is 0 Å². The van der Waals surface area contributed by atoms with E-state index >= 15 is 0 Å². The van der Waals surface area contributed by atoms with Crippen molar-refractivity contribution in [3.8, 4) is 0 Å². The van der Waals surface area contributed by atoms with Crippen molar-refractivity contribution >= 4 is 12.0 Å². The van der Waals surface area contributed by atoms with Gasteiger partial charge in [0.25, 0.3) is 5.91 Å². The minimum absolute atomic E-state index is 0.0112. The second kappa shape index (κ2) is 8.17. The molecule has 0 spiro atoms. The van der Waals surface area contributed by atoms with Crippen LogP contribution in [0.25, 0.3) is 0 Å². The van der Waals surface area contributed by atoms with Crippen molar-refractivity contribution in [3.63, 3.8) is 0 Å². The molecular formula is C17H28N4O3. The van der Waals surface area contributed by atoms with Crippen LogP contribution in [0.5, 0.6) is 0 Å². The van der Waals surface area contributed by atoms with Gasteiger partial charge in [-0.3, -0.25) is 9.48 Å². The molecule has 0 unspecified atom stereocenters. The van der Waals surface area contributed by atoms with Gasteiger partial charge in [0.05, 0.1) is 12.3 Å². The van der Waals surface area contributed by atoms with E-state index in [-0.39, 0.29) is 12.0 Å². The molecule has 2 amide bonds. The molecule has 0 bridgehead atoms. The summed E-state index contributed by atoms with van der Waals surface area (Å²) in [6.45, 7) is 11.1. The van der Waals surface area contributed by atoms with Crippen molar-refractivity contribution in [2.24, 2.45) is 5.92 Å². The maximum absolute atomic E-state index is 12.8. The van der Waals surface area contributed by atoms with Crippen LogP contribution >= 0.6 is 0 Å². The lowest BCUT2D eigenvalue weighted by Crippen LogP contribution is -2.51. The summed E-state index contributed by atoms with van der Waals surface area (Å²) in [4.78, 5) is 28.0. The summed E-state index contributed by atoms with van der Waals surface area (Å²) in [5, 5.41) is 4.54. The molecule has 1 aliphatic heterocycles. The average Bonchev–Trinajstić information content (AvgIpc) is 2.96. The SMILES string of the molecule is CCOC(=O)N1CCN(C(=O)c2cc(CC(C)C)nn2CC)CC1. The van der Waals surface area contributed by atoms with Crippen LogP contribution in [-0.4, -0.2) is 64.4 Å². The highest BCUT2D eigenvalue weighted by Gasteiger charge is 2.27. The molecule has 1 saturated heterocycles. The van der Waals surface area contributed by atoms with Crippen LogP contribution in [0.1, 0.15) is 43.9 Å². The van der Waals surface area contributed by atoms with Crippen LogP contribution in [0, 0.1) is 5.92 Å². The Balaban J connectivity index is 2.02. The molecule has 2 rings (SSSR count). The van der Waals surface area contributed by atoms with Gasteiger partial charge >= 0.3 is 6.09 Å². The summed E-state index contributed by atoms with van der Waals surface area (Å²) < 4.78 is 6.78. The van der Waals surface area contributed by atoms with E-state index in [1.54, 1.807) is 21.4 Å². The van der Waals surface area contributed by atoms with E-state index in [9.17, 15) is 9.59 Å². The first-order chi connectivity index (χ1) is 11.5. The summed E-state index contributed by atoms with van der Waals surface area (Å²) in [5.74, 6) is 0.490. The highest BCUT2D eigenvalue weighted by Crippen LogP contribution is 2.14. The van der Waals surface area contributed by atoms with E-state index in [1.807, 2.05) is 13.0 Å². The molecule has 7 heteroatoms. The van der Waals surface area contributed by atoms with Gasteiger partial charge in [-0.25, -0.2) is 4.79 Å².